The van der Waals surface area contributed by atoms with E-state index in [2.05, 4.69) is 13.8 Å². The van der Waals surface area contributed by atoms with E-state index in [4.69, 9.17) is 9.47 Å². The van der Waals surface area contributed by atoms with Gasteiger partial charge in [-0.1, -0.05) is 175 Å². The van der Waals surface area contributed by atoms with E-state index in [1.54, 1.807) is 0 Å². The summed E-state index contributed by atoms with van der Waals surface area (Å²) in [5.41, 5.74) is 0. The number of Topliss-reactive ketones (excluding diaryl/α,β-unsaturated/α-hetero) is 1. The van der Waals surface area contributed by atoms with Gasteiger partial charge in [0.25, 0.3) is 0 Å². The summed E-state index contributed by atoms with van der Waals surface area (Å²) in [6.07, 6.45) is 30.6. The van der Waals surface area contributed by atoms with E-state index in [1.165, 1.54) is 128 Å². The molecule has 0 fully saturated rings. The first-order valence-corrected chi connectivity index (χ1v) is 19.5. The fourth-order valence-corrected chi connectivity index (χ4v) is 5.85. The number of ether oxygens (including phenoxy) is 2. The number of carbonyl (C=O) groups is 3. The molecule has 0 heterocycles. The topological polar surface area (TPSA) is 89.9 Å². The zero-order valence-electron chi connectivity index (χ0n) is 30.1. The van der Waals surface area contributed by atoms with Crippen molar-refractivity contribution in [2.45, 2.75) is 226 Å². The molecule has 0 spiro atoms. The molecule has 0 aliphatic heterocycles. The van der Waals surface area contributed by atoms with Crippen molar-refractivity contribution in [1.29, 1.82) is 0 Å². The number of hydrogen-bond donors (Lipinski definition) is 1. The van der Waals surface area contributed by atoms with Gasteiger partial charge in [-0.15, -0.1) is 0 Å². The van der Waals surface area contributed by atoms with Crippen molar-refractivity contribution < 1.29 is 29.0 Å². The number of hydrogen-bond acceptors (Lipinski definition) is 6. The number of unbranched alkanes of at least 4 members (excludes halogenated alkanes) is 24. The Morgan fingerprint density at radius 3 is 1.18 bits per heavy atom. The number of aliphatic hydroxyl groups is 1. The zero-order chi connectivity index (χ0) is 33.2. The van der Waals surface area contributed by atoms with Crippen molar-refractivity contribution in [3.63, 3.8) is 0 Å². The van der Waals surface area contributed by atoms with Gasteiger partial charge in [-0.2, -0.15) is 0 Å². The van der Waals surface area contributed by atoms with E-state index in [9.17, 15) is 19.5 Å². The second-order valence-corrected chi connectivity index (χ2v) is 13.4. The molecule has 0 amide bonds. The Morgan fingerprint density at radius 1 is 0.444 bits per heavy atom. The van der Waals surface area contributed by atoms with Crippen molar-refractivity contribution in [2.75, 3.05) is 6.61 Å². The van der Waals surface area contributed by atoms with Crippen molar-refractivity contribution >= 4 is 17.7 Å². The first-order chi connectivity index (χ1) is 22.0. The summed E-state index contributed by atoms with van der Waals surface area (Å²) in [6.45, 7) is 6.04. The molecule has 0 radical (unpaired) electrons. The quantitative estimate of drug-likeness (QED) is 0.0548. The van der Waals surface area contributed by atoms with Gasteiger partial charge in [0.1, 0.15) is 12.7 Å². The SMILES string of the molecule is CCCCCCCCCCCCCCCC(=O)OC(C(=O)CCCCCCCCCCCCCCC)C(O)COC(=O)CCC. The Morgan fingerprint density at radius 2 is 0.800 bits per heavy atom. The fourth-order valence-electron chi connectivity index (χ4n) is 5.85. The molecule has 45 heavy (non-hydrogen) atoms. The van der Waals surface area contributed by atoms with Crippen LogP contribution in [-0.4, -0.2) is 41.6 Å². The van der Waals surface area contributed by atoms with E-state index >= 15 is 0 Å². The predicted octanol–water partition coefficient (Wildman–Crippen LogP) is 11.1. The molecule has 0 aromatic heterocycles. The lowest BCUT2D eigenvalue weighted by Gasteiger charge is -2.22. The summed E-state index contributed by atoms with van der Waals surface area (Å²) in [4.78, 5) is 37.4. The molecule has 0 rings (SSSR count). The predicted molar refractivity (Wildman–Crippen MR) is 187 cm³/mol. The molecule has 6 nitrogen and oxygen atoms in total. The Bertz CT molecular complexity index is 678. The maximum Gasteiger partial charge on any atom is 0.306 e. The minimum Gasteiger partial charge on any atom is -0.463 e. The van der Waals surface area contributed by atoms with E-state index in [-0.39, 0.29) is 31.7 Å². The van der Waals surface area contributed by atoms with Crippen molar-refractivity contribution in [3.8, 4) is 0 Å². The van der Waals surface area contributed by atoms with Crippen LogP contribution in [0.1, 0.15) is 213 Å². The monoisotopic (exact) mass is 639 g/mol. The molecular weight excluding hydrogens is 564 g/mol. The van der Waals surface area contributed by atoms with E-state index < -0.39 is 24.1 Å². The molecule has 6 heteroatoms. The van der Waals surface area contributed by atoms with Gasteiger partial charge in [0.15, 0.2) is 11.9 Å². The highest BCUT2D eigenvalue weighted by Crippen LogP contribution is 2.17. The molecule has 2 atom stereocenters. The van der Waals surface area contributed by atoms with E-state index in [0.29, 0.717) is 12.8 Å². The number of esters is 2. The highest BCUT2D eigenvalue weighted by molar-refractivity contribution is 5.86. The highest BCUT2D eigenvalue weighted by Gasteiger charge is 2.31. The van der Waals surface area contributed by atoms with Gasteiger partial charge >= 0.3 is 11.9 Å². The Balaban J connectivity index is 4.25. The third-order valence-corrected chi connectivity index (χ3v) is 8.81. The van der Waals surface area contributed by atoms with Gasteiger partial charge < -0.3 is 14.6 Å². The first-order valence-electron chi connectivity index (χ1n) is 19.5. The van der Waals surface area contributed by atoms with Gasteiger partial charge in [0, 0.05) is 19.3 Å². The number of rotatable bonds is 35. The van der Waals surface area contributed by atoms with Crippen LogP contribution in [0.3, 0.4) is 0 Å². The first kappa shape index (κ1) is 43.6. The van der Waals surface area contributed by atoms with Crippen molar-refractivity contribution in [2.24, 2.45) is 0 Å². The smallest absolute Gasteiger partial charge is 0.306 e. The molecule has 0 aromatic rings. The van der Waals surface area contributed by atoms with Crippen molar-refractivity contribution in [3.05, 3.63) is 0 Å². The van der Waals surface area contributed by atoms with Crippen molar-refractivity contribution in [1.82, 2.24) is 0 Å². The third kappa shape index (κ3) is 29.7. The minimum atomic E-state index is -1.34. The molecule has 0 aliphatic rings. The second-order valence-electron chi connectivity index (χ2n) is 13.4. The average molecular weight is 639 g/mol. The van der Waals surface area contributed by atoms with E-state index in [1.807, 2.05) is 6.92 Å². The maximum absolute atomic E-state index is 13.0. The standard InChI is InChI=1S/C39H74O6/c1-4-7-9-11-13-15-17-19-21-23-25-27-29-32-35(40)39(36(41)34-44-37(42)31-6-3)45-38(43)33-30-28-26-24-22-20-18-16-14-12-10-8-5-2/h36,39,41H,4-34H2,1-3H3. The number of ketones is 1. The lowest BCUT2D eigenvalue weighted by atomic mass is 10.0. The molecule has 0 aliphatic carbocycles. The Labute approximate surface area is 278 Å². The fraction of sp³-hybridized carbons (Fsp3) is 0.923. The van der Waals surface area contributed by atoms with Crippen LogP contribution < -0.4 is 0 Å². The Kier molecular flexibility index (Phi) is 32.8. The molecule has 2 unspecified atom stereocenters. The highest BCUT2D eigenvalue weighted by atomic mass is 16.6. The van der Waals surface area contributed by atoms with Crippen LogP contribution in [0.25, 0.3) is 0 Å². The lowest BCUT2D eigenvalue weighted by Crippen LogP contribution is -2.41. The summed E-state index contributed by atoms with van der Waals surface area (Å²) < 4.78 is 10.6. The molecule has 0 aromatic carbocycles. The third-order valence-electron chi connectivity index (χ3n) is 8.81. The van der Waals surface area contributed by atoms with Crippen LogP contribution >= 0.6 is 0 Å². The van der Waals surface area contributed by atoms with Crippen LogP contribution in [0.15, 0.2) is 0 Å². The Hall–Kier alpha value is -1.43. The maximum atomic E-state index is 13.0. The second kappa shape index (κ2) is 33.9. The molecular formula is C39H74O6. The molecule has 0 saturated carbocycles. The largest absolute Gasteiger partial charge is 0.463 e. The minimum absolute atomic E-state index is 0.239. The summed E-state index contributed by atoms with van der Waals surface area (Å²) >= 11 is 0. The normalized spacial score (nSPS) is 12.6. The van der Waals surface area contributed by atoms with Crippen LogP contribution in [-0.2, 0) is 23.9 Å². The van der Waals surface area contributed by atoms with Crippen LogP contribution in [0.4, 0.5) is 0 Å². The van der Waals surface area contributed by atoms with Gasteiger partial charge in [-0.25, -0.2) is 0 Å². The summed E-state index contributed by atoms with van der Waals surface area (Å²) in [5, 5.41) is 10.7. The van der Waals surface area contributed by atoms with Gasteiger partial charge in [0.05, 0.1) is 0 Å². The molecule has 0 saturated heterocycles. The summed E-state index contributed by atoms with van der Waals surface area (Å²) in [5.74, 6) is -1.16. The average Bonchev–Trinajstić information content (AvgIpc) is 3.03. The number of carbonyl (C=O) groups excluding carboxylic acids is 3. The van der Waals surface area contributed by atoms with Crippen LogP contribution in [0, 0.1) is 0 Å². The number of aliphatic hydroxyl groups excluding tert-OH is 1. The summed E-state index contributed by atoms with van der Waals surface area (Å²) in [7, 11) is 0. The molecule has 1 N–H and O–H groups in total. The summed E-state index contributed by atoms with van der Waals surface area (Å²) in [6, 6.07) is 0. The van der Waals surface area contributed by atoms with Gasteiger partial charge in [0.2, 0.25) is 0 Å². The van der Waals surface area contributed by atoms with Crippen LogP contribution in [0.5, 0.6) is 0 Å². The van der Waals surface area contributed by atoms with Gasteiger partial charge in [-0.3, -0.25) is 14.4 Å². The lowest BCUT2D eigenvalue weighted by molar-refractivity contribution is -0.167. The van der Waals surface area contributed by atoms with Crippen LogP contribution in [0.2, 0.25) is 0 Å². The molecule has 0 bridgehead atoms. The zero-order valence-corrected chi connectivity index (χ0v) is 30.1. The van der Waals surface area contributed by atoms with E-state index in [0.717, 1.165) is 32.1 Å². The van der Waals surface area contributed by atoms with Gasteiger partial charge in [-0.05, 0) is 19.3 Å². The molecule has 266 valence electrons.